The third kappa shape index (κ3) is 2.69. The molecule has 0 bridgehead atoms. The maximum atomic E-state index is 5.43. The van der Waals surface area contributed by atoms with Crippen molar-refractivity contribution in [3.8, 4) is 0 Å². The Bertz CT molecular complexity index is 194. The van der Waals surface area contributed by atoms with Gasteiger partial charge in [-0.1, -0.05) is 6.42 Å². The Labute approximate surface area is 97.7 Å². The summed E-state index contributed by atoms with van der Waals surface area (Å²) in [7, 11) is 0. The Morgan fingerprint density at radius 1 is 1.27 bits per heavy atom. The first-order chi connectivity index (χ1) is 7.37. The fourth-order valence-corrected chi connectivity index (χ4v) is 3.21. The van der Waals surface area contributed by atoms with Crippen molar-refractivity contribution < 1.29 is 4.74 Å². The van der Waals surface area contributed by atoms with E-state index in [0.29, 0.717) is 5.54 Å². The summed E-state index contributed by atoms with van der Waals surface area (Å²) in [5.41, 5.74) is 0.470. The number of unbranched alkanes of at least 4 members (excludes halogenated alkanes) is 1. The van der Waals surface area contributed by atoms with Crippen molar-refractivity contribution >= 4 is 11.8 Å². The number of piperidine rings is 1. The van der Waals surface area contributed by atoms with Gasteiger partial charge in [0.15, 0.2) is 0 Å². The van der Waals surface area contributed by atoms with Gasteiger partial charge in [-0.3, -0.25) is 4.90 Å². The van der Waals surface area contributed by atoms with E-state index in [1.807, 2.05) is 11.8 Å². The molecule has 2 aliphatic rings. The molecule has 0 aromatic rings. The molecule has 0 aromatic carbocycles. The molecular formula is C12H23NOS. The summed E-state index contributed by atoms with van der Waals surface area (Å²) in [6.45, 7) is 4.59. The molecular weight excluding hydrogens is 206 g/mol. The third-order valence-electron chi connectivity index (χ3n) is 3.76. The van der Waals surface area contributed by atoms with Gasteiger partial charge in [0.25, 0.3) is 0 Å². The minimum Gasteiger partial charge on any atom is -0.377 e. The van der Waals surface area contributed by atoms with E-state index in [1.165, 1.54) is 50.9 Å². The Morgan fingerprint density at radius 3 is 2.80 bits per heavy atom. The fourth-order valence-electron chi connectivity index (χ4n) is 2.71. The number of likely N-dealkylation sites (tertiary alicyclic amines) is 1. The number of nitrogens with zero attached hydrogens (tertiary/aromatic N) is 1. The summed E-state index contributed by atoms with van der Waals surface area (Å²) in [5, 5.41) is 0. The normalized spacial score (nSPS) is 25.4. The molecule has 0 saturated carbocycles. The van der Waals surface area contributed by atoms with Crippen molar-refractivity contribution in [2.45, 2.75) is 37.6 Å². The minimum absolute atomic E-state index is 0.470. The Hall–Kier alpha value is 0.270. The van der Waals surface area contributed by atoms with Gasteiger partial charge >= 0.3 is 0 Å². The predicted molar refractivity (Wildman–Crippen MR) is 66.6 cm³/mol. The number of hydrogen-bond acceptors (Lipinski definition) is 3. The van der Waals surface area contributed by atoms with Crippen LogP contribution in [0.2, 0.25) is 0 Å². The largest absolute Gasteiger partial charge is 0.377 e. The molecule has 0 aliphatic carbocycles. The van der Waals surface area contributed by atoms with Gasteiger partial charge in [0.2, 0.25) is 0 Å². The average molecular weight is 229 g/mol. The van der Waals surface area contributed by atoms with Gasteiger partial charge in [-0.25, -0.2) is 0 Å². The first kappa shape index (κ1) is 11.7. The van der Waals surface area contributed by atoms with Crippen molar-refractivity contribution in [3.05, 3.63) is 0 Å². The van der Waals surface area contributed by atoms with E-state index in [4.69, 9.17) is 4.74 Å². The van der Waals surface area contributed by atoms with E-state index in [0.717, 1.165) is 13.2 Å². The monoisotopic (exact) mass is 229 g/mol. The highest BCUT2D eigenvalue weighted by atomic mass is 32.2. The molecule has 2 heterocycles. The molecule has 2 rings (SSSR count). The molecule has 2 aliphatic heterocycles. The Morgan fingerprint density at radius 2 is 2.13 bits per heavy atom. The van der Waals surface area contributed by atoms with Gasteiger partial charge in [-0.15, -0.1) is 0 Å². The number of ether oxygens (including phenoxy) is 1. The van der Waals surface area contributed by atoms with Gasteiger partial charge in [-0.2, -0.15) is 11.8 Å². The first-order valence-electron chi connectivity index (χ1n) is 6.19. The fraction of sp³-hybridized carbons (Fsp3) is 1.00. The SMILES string of the molecule is CSCCCCN1CCCCC12COC2. The molecule has 0 radical (unpaired) electrons. The summed E-state index contributed by atoms with van der Waals surface area (Å²) >= 11 is 1.96. The van der Waals surface area contributed by atoms with Gasteiger partial charge in [0, 0.05) is 0 Å². The third-order valence-corrected chi connectivity index (χ3v) is 4.46. The second kappa shape index (κ2) is 5.55. The summed E-state index contributed by atoms with van der Waals surface area (Å²) < 4.78 is 5.43. The zero-order chi connectivity index (χ0) is 10.6. The lowest BCUT2D eigenvalue weighted by Gasteiger charge is -2.52. The number of thioether (sulfide) groups is 1. The summed E-state index contributed by atoms with van der Waals surface area (Å²) in [5.74, 6) is 1.32. The van der Waals surface area contributed by atoms with Crippen LogP contribution in [-0.4, -0.2) is 48.8 Å². The topological polar surface area (TPSA) is 12.5 Å². The van der Waals surface area contributed by atoms with Gasteiger partial charge in [0.05, 0.1) is 18.8 Å². The highest BCUT2D eigenvalue weighted by Crippen LogP contribution is 2.34. The van der Waals surface area contributed by atoms with E-state index in [-0.39, 0.29) is 0 Å². The van der Waals surface area contributed by atoms with Crippen LogP contribution in [0.3, 0.4) is 0 Å². The quantitative estimate of drug-likeness (QED) is 0.672. The van der Waals surface area contributed by atoms with Crippen LogP contribution in [0.15, 0.2) is 0 Å². The molecule has 0 aromatic heterocycles. The predicted octanol–water partition coefficient (Wildman–Crippen LogP) is 2.38. The second-order valence-corrected chi connectivity index (χ2v) is 5.85. The molecule has 88 valence electrons. The molecule has 0 atom stereocenters. The molecule has 1 spiro atoms. The maximum absolute atomic E-state index is 5.43. The van der Waals surface area contributed by atoms with Crippen molar-refractivity contribution in [2.75, 3.05) is 38.3 Å². The van der Waals surface area contributed by atoms with E-state index in [2.05, 4.69) is 11.2 Å². The molecule has 3 heteroatoms. The summed E-state index contributed by atoms with van der Waals surface area (Å²) in [6.07, 6.45) is 9.10. The molecule has 0 amide bonds. The van der Waals surface area contributed by atoms with Crippen molar-refractivity contribution in [1.29, 1.82) is 0 Å². The van der Waals surface area contributed by atoms with E-state index < -0.39 is 0 Å². The minimum atomic E-state index is 0.470. The lowest BCUT2D eigenvalue weighted by atomic mass is 9.84. The van der Waals surface area contributed by atoms with Gasteiger partial charge < -0.3 is 4.74 Å². The maximum Gasteiger partial charge on any atom is 0.0678 e. The molecule has 2 fully saturated rings. The standard InChI is InChI=1S/C12H23NOS/c1-15-9-5-4-8-13-7-3-2-6-12(13)10-14-11-12/h2-11H2,1H3. The lowest BCUT2D eigenvalue weighted by molar-refractivity contribution is -0.156. The van der Waals surface area contributed by atoms with Crippen LogP contribution in [0.1, 0.15) is 32.1 Å². The van der Waals surface area contributed by atoms with Crippen molar-refractivity contribution in [2.24, 2.45) is 0 Å². The Kier molecular flexibility index (Phi) is 4.35. The summed E-state index contributed by atoms with van der Waals surface area (Å²) in [6, 6.07) is 0. The highest BCUT2D eigenvalue weighted by Gasteiger charge is 2.44. The van der Waals surface area contributed by atoms with Crippen LogP contribution in [0.5, 0.6) is 0 Å². The van der Waals surface area contributed by atoms with Crippen LogP contribution in [-0.2, 0) is 4.74 Å². The lowest BCUT2D eigenvalue weighted by Crippen LogP contribution is -2.64. The van der Waals surface area contributed by atoms with Crippen LogP contribution >= 0.6 is 11.8 Å². The van der Waals surface area contributed by atoms with E-state index in [9.17, 15) is 0 Å². The van der Waals surface area contributed by atoms with Crippen LogP contribution in [0.4, 0.5) is 0 Å². The summed E-state index contributed by atoms with van der Waals surface area (Å²) in [4.78, 5) is 2.71. The van der Waals surface area contributed by atoms with Gasteiger partial charge in [-0.05, 0) is 50.8 Å². The second-order valence-electron chi connectivity index (χ2n) is 4.86. The van der Waals surface area contributed by atoms with Gasteiger partial charge in [0.1, 0.15) is 0 Å². The zero-order valence-electron chi connectivity index (χ0n) is 9.83. The molecule has 0 N–H and O–H groups in total. The van der Waals surface area contributed by atoms with Crippen LogP contribution < -0.4 is 0 Å². The zero-order valence-corrected chi connectivity index (χ0v) is 10.7. The highest BCUT2D eigenvalue weighted by molar-refractivity contribution is 7.98. The number of hydrogen-bond donors (Lipinski definition) is 0. The Balaban J connectivity index is 1.73. The number of rotatable bonds is 5. The van der Waals surface area contributed by atoms with Crippen molar-refractivity contribution in [1.82, 2.24) is 4.90 Å². The molecule has 2 nitrogen and oxygen atoms in total. The first-order valence-corrected chi connectivity index (χ1v) is 7.58. The molecule has 2 saturated heterocycles. The smallest absolute Gasteiger partial charge is 0.0678 e. The van der Waals surface area contributed by atoms with Crippen molar-refractivity contribution in [3.63, 3.8) is 0 Å². The molecule has 0 unspecified atom stereocenters. The van der Waals surface area contributed by atoms with E-state index in [1.54, 1.807) is 0 Å². The van der Waals surface area contributed by atoms with Crippen LogP contribution in [0, 0.1) is 0 Å². The molecule has 15 heavy (non-hydrogen) atoms. The average Bonchev–Trinajstić information content (AvgIpc) is 2.23. The van der Waals surface area contributed by atoms with Crippen LogP contribution in [0.25, 0.3) is 0 Å². The van der Waals surface area contributed by atoms with E-state index >= 15 is 0 Å².